The van der Waals surface area contributed by atoms with E-state index in [0.29, 0.717) is 16.2 Å². The van der Waals surface area contributed by atoms with Crippen LogP contribution in [-0.4, -0.2) is 15.4 Å². The number of nitrogens with zero attached hydrogens (tertiary/aromatic N) is 3. The third-order valence-electron chi connectivity index (χ3n) is 4.50. The molecule has 7 heteroatoms. The maximum atomic E-state index is 14.0. The number of allylic oxidation sites excluding steroid dienone is 1. The number of aromatic nitrogens is 1. The van der Waals surface area contributed by atoms with E-state index in [2.05, 4.69) is 9.98 Å². The molecule has 0 spiro atoms. The normalized spacial score (nSPS) is 15.2. The number of halogens is 2. The zero-order valence-corrected chi connectivity index (χ0v) is 16.1. The van der Waals surface area contributed by atoms with Gasteiger partial charge >= 0.3 is 0 Å². The maximum Gasteiger partial charge on any atom is 0.211 e. The number of rotatable bonds is 3. The van der Waals surface area contributed by atoms with Crippen molar-refractivity contribution in [1.29, 1.82) is 0 Å². The van der Waals surface area contributed by atoms with Crippen LogP contribution in [0.1, 0.15) is 24.3 Å². The van der Waals surface area contributed by atoms with Crippen LogP contribution in [0, 0.1) is 11.6 Å². The summed E-state index contributed by atoms with van der Waals surface area (Å²) in [7, 11) is 0. The Hall–Kier alpha value is -3.06. The average molecular weight is 397 g/mol. The van der Waals surface area contributed by atoms with Gasteiger partial charge in [-0.15, -0.1) is 0 Å². The summed E-state index contributed by atoms with van der Waals surface area (Å²) >= 11 is 1.24. The van der Waals surface area contributed by atoms with Gasteiger partial charge in [0.2, 0.25) is 5.88 Å². The number of hydrogen-bond donors (Lipinski definition) is 1. The summed E-state index contributed by atoms with van der Waals surface area (Å²) in [5, 5.41) is 10.7. The van der Waals surface area contributed by atoms with E-state index in [-0.39, 0.29) is 11.6 Å². The molecule has 28 heavy (non-hydrogen) atoms. The van der Waals surface area contributed by atoms with Gasteiger partial charge in [0.15, 0.2) is 10.6 Å². The van der Waals surface area contributed by atoms with Gasteiger partial charge in [-0.05, 0) is 38.1 Å². The van der Waals surface area contributed by atoms with Crippen LogP contribution < -0.4 is 4.80 Å². The van der Waals surface area contributed by atoms with E-state index >= 15 is 0 Å². The first kappa shape index (κ1) is 18.3. The van der Waals surface area contributed by atoms with E-state index in [1.807, 2.05) is 44.2 Å². The molecule has 4 nitrogen and oxygen atoms in total. The number of thiazole rings is 1. The Morgan fingerprint density at radius 1 is 1.21 bits per heavy atom. The van der Waals surface area contributed by atoms with Crippen LogP contribution >= 0.6 is 11.3 Å². The number of aliphatic imine (C=N–C) groups is 1. The van der Waals surface area contributed by atoms with Gasteiger partial charge in [-0.25, -0.2) is 13.8 Å². The molecule has 0 aliphatic carbocycles. The van der Waals surface area contributed by atoms with Crippen LogP contribution in [0.15, 0.2) is 52.4 Å². The van der Waals surface area contributed by atoms with Gasteiger partial charge in [0.25, 0.3) is 0 Å². The van der Waals surface area contributed by atoms with Crippen LogP contribution in [0.4, 0.5) is 20.2 Å². The first-order valence-corrected chi connectivity index (χ1v) is 9.58. The second kappa shape index (κ2) is 7.16. The molecule has 0 unspecified atom stereocenters. The monoisotopic (exact) mass is 397 g/mol. The lowest BCUT2D eigenvalue weighted by Crippen LogP contribution is -2.12. The highest BCUT2D eigenvalue weighted by molar-refractivity contribution is 7.10. The van der Waals surface area contributed by atoms with Gasteiger partial charge in [0.05, 0.1) is 10.6 Å². The van der Waals surface area contributed by atoms with Gasteiger partial charge in [-0.1, -0.05) is 29.5 Å². The quantitative estimate of drug-likeness (QED) is 0.629. The lowest BCUT2D eigenvalue weighted by Gasteiger charge is -2.02. The predicted molar refractivity (Wildman–Crippen MR) is 108 cm³/mol. The summed E-state index contributed by atoms with van der Waals surface area (Å²) in [6.07, 6.45) is 1.87. The Balaban J connectivity index is 1.85. The first-order chi connectivity index (χ1) is 13.5. The molecule has 0 radical (unpaired) electrons. The molecule has 0 saturated heterocycles. The minimum Gasteiger partial charge on any atom is -0.493 e. The number of aromatic hydroxyl groups is 1. The van der Waals surface area contributed by atoms with Crippen LogP contribution in [0.25, 0.3) is 11.6 Å². The molecule has 0 saturated carbocycles. The largest absolute Gasteiger partial charge is 0.493 e. The van der Waals surface area contributed by atoms with Crippen molar-refractivity contribution in [3.63, 3.8) is 0 Å². The highest BCUT2D eigenvalue weighted by Crippen LogP contribution is 2.37. The van der Waals surface area contributed by atoms with Crippen molar-refractivity contribution in [2.45, 2.75) is 20.4 Å². The molecule has 0 amide bonds. The molecular weight excluding hydrogens is 380 g/mol. The smallest absolute Gasteiger partial charge is 0.211 e. The molecule has 0 bridgehead atoms. The zero-order chi connectivity index (χ0) is 19.8. The lowest BCUT2D eigenvalue weighted by atomic mass is 10.0. The van der Waals surface area contributed by atoms with Gasteiger partial charge in [0.1, 0.15) is 11.5 Å². The van der Waals surface area contributed by atoms with E-state index in [4.69, 9.17) is 0 Å². The predicted octanol–water partition coefficient (Wildman–Crippen LogP) is 5.43. The minimum atomic E-state index is -0.747. The molecule has 3 aromatic rings. The van der Waals surface area contributed by atoms with Crippen molar-refractivity contribution in [3.05, 3.63) is 69.3 Å². The van der Waals surface area contributed by atoms with Crippen LogP contribution in [0.5, 0.6) is 5.88 Å². The van der Waals surface area contributed by atoms with Crippen molar-refractivity contribution in [3.8, 4) is 5.88 Å². The number of hydrogen-bond acceptors (Lipinski definition) is 4. The Morgan fingerprint density at radius 2 is 2.00 bits per heavy atom. The van der Waals surface area contributed by atoms with Crippen LogP contribution in [0.2, 0.25) is 0 Å². The van der Waals surface area contributed by atoms with Gasteiger partial charge in [-0.3, -0.25) is 9.56 Å². The number of fused-ring (bicyclic) bond motifs is 1. The number of benzene rings is 2. The zero-order valence-electron chi connectivity index (χ0n) is 15.3. The standard InChI is InChI=1S/C21H17F2N3OS/c1-3-26-20(27)19(11-15-12(2)24-17-7-5-4-6-14(15)17)28-21(26)25-18-9-8-13(22)10-16(18)23/h4-11,27H,3H2,1-2H3/b15-11+,25-21?. The summed E-state index contributed by atoms with van der Waals surface area (Å²) in [6.45, 7) is 4.24. The summed E-state index contributed by atoms with van der Waals surface area (Å²) in [5.74, 6) is -1.35. The van der Waals surface area contributed by atoms with E-state index in [1.165, 1.54) is 17.4 Å². The average Bonchev–Trinajstić information content (AvgIpc) is 3.14. The molecule has 2 heterocycles. The third kappa shape index (κ3) is 3.18. The Labute approximate surface area is 164 Å². The molecule has 1 aliphatic heterocycles. The summed E-state index contributed by atoms with van der Waals surface area (Å²) in [5.41, 5.74) is 3.70. The highest BCUT2D eigenvalue weighted by atomic mass is 32.1. The molecule has 1 aliphatic rings. The highest BCUT2D eigenvalue weighted by Gasteiger charge is 2.19. The Kier molecular flexibility index (Phi) is 4.68. The summed E-state index contributed by atoms with van der Waals surface area (Å²) in [6, 6.07) is 11.0. The van der Waals surface area contributed by atoms with E-state index in [0.717, 1.165) is 34.7 Å². The fourth-order valence-electron chi connectivity index (χ4n) is 3.11. The van der Waals surface area contributed by atoms with E-state index in [1.54, 1.807) is 4.57 Å². The third-order valence-corrected chi connectivity index (χ3v) is 5.51. The summed E-state index contributed by atoms with van der Waals surface area (Å²) in [4.78, 5) is 9.87. The van der Waals surface area contributed by atoms with Crippen molar-refractivity contribution in [1.82, 2.24) is 4.57 Å². The molecular formula is C21H17F2N3OS. The molecule has 0 fully saturated rings. The van der Waals surface area contributed by atoms with Gasteiger partial charge < -0.3 is 5.11 Å². The first-order valence-electron chi connectivity index (χ1n) is 8.77. The van der Waals surface area contributed by atoms with Crippen LogP contribution in [-0.2, 0) is 6.54 Å². The second-order valence-corrected chi connectivity index (χ2v) is 7.31. The lowest BCUT2D eigenvalue weighted by molar-refractivity contribution is 0.416. The second-order valence-electron chi connectivity index (χ2n) is 6.30. The Bertz CT molecular complexity index is 1200. The maximum absolute atomic E-state index is 14.0. The molecule has 4 rings (SSSR count). The minimum absolute atomic E-state index is 0.0213. The fraction of sp³-hybridized carbons (Fsp3) is 0.143. The van der Waals surface area contributed by atoms with E-state index in [9.17, 15) is 13.9 Å². The van der Waals surface area contributed by atoms with Crippen molar-refractivity contribution in [2.75, 3.05) is 0 Å². The fourth-order valence-corrected chi connectivity index (χ4v) is 4.15. The van der Waals surface area contributed by atoms with Gasteiger partial charge in [-0.2, -0.15) is 0 Å². The SMILES string of the molecule is CCn1c(O)c(/C=C2\C(C)=Nc3ccccc32)sc1=Nc1ccc(F)cc1F. The molecule has 0 atom stereocenters. The van der Waals surface area contributed by atoms with Crippen molar-refractivity contribution < 1.29 is 13.9 Å². The molecule has 1 aromatic heterocycles. The van der Waals surface area contributed by atoms with E-state index < -0.39 is 11.6 Å². The topological polar surface area (TPSA) is 49.9 Å². The number of para-hydroxylation sites is 1. The van der Waals surface area contributed by atoms with Gasteiger partial charge in [0, 0.05) is 29.5 Å². The summed E-state index contributed by atoms with van der Waals surface area (Å²) < 4.78 is 28.7. The molecule has 2 aromatic carbocycles. The van der Waals surface area contributed by atoms with Crippen LogP contribution in [0.3, 0.4) is 0 Å². The van der Waals surface area contributed by atoms with Crippen molar-refractivity contribution >= 4 is 40.1 Å². The molecule has 1 N–H and O–H groups in total. The molecule has 142 valence electrons. The Morgan fingerprint density at radius 3 is 2.75 bits per heavy atom. The van der Waals surface area contributed by atoms with Crippen molar-refractivity contribution in [2.24, 2.45) is 9.98 Å².